The molecule has 0 radical (unpaired) electrons. The normalized spacial score (nSPS) is 13.3. The Kier molecular flexibility index (Phi) is 21.8. The summed E-state index contributed by atoms with van der Waals surface area (Å²) in [5.74, 6) is 0.0679. The van der Waals surface area contributed by atoms with E-state index in [4.69, 9.17) is 14.2 Å². The fourth-order valence-electron chi connectivity index (χ4n) is 5.60. The molecule has 1 N–H and O–H groups in total. The maximum Gasteiger partial charge on any atom is 0.333 e. The standard InChI is InChI=1S/C24H32N2O9.C16H24/c1-4-5-6-7-10-22(27)25-18(2)24(29)35-20-13-11-19(17-21(20)32-3)12-14-23(28)33-15-8-9-16-34-26(30)31;1-3-9-15(10-4-1)11-5-2-6-12-16-13-7-8-14-16/h4-5,11-14,17-18H,6-10,15-16H2,1-3H3,(H,25,27);1,3-4,9-10,16H,2,5-8,11-14H2/b5-4-,14-12+;. The zero-order chi connectivity index (χ0) is 37.1. The lowest BCUT2D eigenvalue weighted by molar-refractivity contribution is -0.757. The minimum absolute atomic E-state index is 0.0564. The van der Waals surface area contributed by atoms with E-state index in [0.717, 1.165) is 12.3 Å². The predicted molar refractivity (Wildman–Crippen MR) is 198 cm³/mol. The average molecular weight is 709 g/mol. The van der Waals surface area contributed by atoms with Crippen molar-refractivity contribution in [1.82, 2.24) is 5.32 Å². The van der Waals surface area contributed by atoms with Crippen molar-refractivity contribution in [3.8, 4) is 11.5 Å². The lowest BCUT2D eigenvalue weighted by Crippen LogP contribution is -2.40. The molecule has 2 aromatic carbocycles. The Labute approximate surface area is 302 Å². The molecule has 1 fully saturated rings. The molecule has 2 aromatic rings. The molecule has 11 heteroatoms. The predicted octanol–water partition coefficient (Wildman–Crippen LogP) is 8.38. The minimum atomic E-state index is -0.873. The van der Waals surface area contributed by atoms with Crippen molar-refractivity contribution in [2.24, 2.45) is 5.92 Å². The number of hydrogen-bond donors (Lipinski definition) is 1. The lowest BCUT2D eigenvalue weighted by Gasteiger charge is -2.15. The Bertz CT molecular complexity index is 1370. The van der Waals surface area contributed by atoms with Crippen LogP contribution in [0.1, 0.15) is 108 Å². The number of allylic oxidation sites excluding steroid dienone is 2. The Morgan fingerprint density at radius 1 is 0.961 bits per heavy atom. The molecular formula is C40H56N2O9. The van der Waals surface area contributed by atoms with Crippen LogP contribution in [0.5, 0.6) is 11.5 Å². The number of esters is 2. The number of methoxy groups -OCH3 is 1. The van der Waals surface area contributed by atoms with E-state index in [0.29, 0.717) is 31.2 Å². The van der Waals surface area contributed by atoms with E-state index in [1.54, 1.807) is 12.1 Å². The highest BCUT2D eigenvalue weighted by Gasteiger charge is 2.19. The van der Waals surface area contributed by atoms with Crippen LogP contribution in [0.15, 0.2) is 66.8 Å². The number of nitrogens with one attached hydrogen (secondary N) is 1. The number of amides is 1. The van der Waals surface area contributed by atoms with Gasteiger partial charge in [0.25, 0.3) is 5.09 Å². The van der Waals surface area contributed by atoms with Crippen molar-refractivity contribution in [3.63, 3.8) is 0 Å². The second kappa shape index (κ2) is 26.2. The topological polar surface area (TPSA) is 143 Å². The molecule has 3 rings (SSSR count). The Hall–Kier alpha value is -4.67. The molecule has 0 aromatic heterocycles. The number of rotatable bonds is 22. The van der Waals surface area contributed by atoms with Crippen LogP contribution < -0.4 is 14.8 Å². The van der Waals surface area contributed by atoms with Crippen LogP contribution in [0.4, 0.5) is 0 Å². The number of carbonyl (C=O) groups is 3. The van der Waals surface area contributed by atoms with Crippen LogP contribution in [0.25, 0.3) is 6.08 Å². The summed E-state index contributed by atoms with van der Waals surface area (Å²) in [6, 6.07) is 14.8. The fourth-order valence-corrected chi connectivity index (χ4v) is 5.60. The third-order valence-corrected chi connectivity index (χ3v) is 8.43. The molecule has 0 spiro atoms. The first-order chi connectivity index (χ1) is 24.7. The van der Waals surface area contributed by atoms with Gasteiger partial charge in [0.05, 0.1) is 20.3 Å². The summed E-state index contributed by atoms with van der Waals surface area (Å²) in [5.41, 5.74) is 2.10. The van der Waals surface area contributed by atoms with Crippen LogP contribution in [0.2, 0.25) is 0 Å². The smallest absolute Gasteiger partial charge is 0.333 e. The number of unbranched alkanes of at least 4 members (excludes halogenated alkanes) is 4. The first-order valence-corrected chi connectivity index (χ1v) is 18.2. The average Bonchev–Trinajstić information content (AvgIpc) is 3.65. The van der Waals surface area contributed by atoms with Crippen molar-refractivity contribution >= 4 is 23.9 Å². The molecule has 1 amide bonds. The molecule has 0 aliphatic heterocycles. The second-order valence-corrected chi connectivity index (χ2v) is 12.6. The largest absolute Gasteiger partial charge is 0.493 e. The summed E-state index contributed by atoms with van der Waals surface area (Å²) >= 11 is 0. The Morgan fingerprint density at radius 3 is 2.41 bits per heavy atom. The summed E-state index contributed by atoms with van der Waals surface area (Å²) in [6.45, 7) is 3.50. The van der Waals surface area contributed by atoms with Gasteiger partial charge in [0.2, 0.25) is 5.91 Å². The van der Waals surface area contributed by atoms with Gasteiger partial charge in [0, 0.05) is 12.5 Å². The van der Waals surface area contributed by atoms with Crippen molar-refractivity contribution in [2.75, 3.05) is 20.3 Å². The van der Waals surface area contributed by atoms with E-state index in [1.165, 1.54) is 95.6 Å². The van der Waals surface area contributed by atoms with Crippen molar-refractivity contribution in [2.45, 2.75) is 110 Å². The summed E-state index contributed by atoms with van der Waals surface area (Å²) in [5, 5.41) is 11.8. The van der Waals surface area contributed by atoms with Gasteiger partial charge in [-0.25, -0.2) is 9.59 Å². The molecule has 280 valence electrons. The minimum Gasteiger partial charge on any atom is -0.493 e. The van der Waals surface area contributed by atoms with Crippen LogP contribution in [0, 0.1) is 16.0 Å². The highest BCUT2D eigenvalue weighted by atomic mass is 16.9. The van der Waals surface area contributed by atoms with Gasteiger partial charge >= 0.3 is 11.9 Å². The number of ether oxygens (including phenoxy) is 3. The molecule has 1 unspecified atom stereocenters. The Balaban J connectivity index is 0.000000463. The van der Waals surface area contributed by atoms with Gasteiger partial charge in [-0.1, -0.05) is 93.5 Å². The molecule has 51 heavy (non-hydrogen) atoms. The van der Waals surface area contributed by atoms with Crippen LogP contribution >= 0.6 is 0 Å². The zero-order valence-corrected chi connectivity index (χ0v) is 30.5. The molecule has 1 atom stereocenters. The van der Waals surface area contributed by atoms with Gasteiger partial charge in [-0.15, -0.1) is 10.1 Å². The zero-order valence-electron chi connectivity index (χ0n) is 30.5. The maximum absolute atomic E-state index is 12.4. The molecule has 0 bridgehead atoms. The first kappa shape index (κ1) is 42.5. The van der Waals surface area contributed by atoms with Crippen LogP contribution in [0.3, 0.4) is 0 Å². The molecule has 0 saturated heterocycles. The van der Waals surface area contributed by atoms with Gasteiger partial charge in [0.15, 0.2) is 11.5 Å². The van der Waals surface area contributed by atoms with Crippen LogP contribution in [-0.4, -0.2) is 49.3 Å². The molecular weight excluding hydrogens is 652 g/mol. The quantitative estimate of drug-likeness (QED) is 0.0243. The SMILES string of the molecule is C/C=C\CCCC(=O)NC(C)C(=O)Oc1ccc(/C=C/C(=O)OCCCCO[N+](=O)[O-])cc1OC.c1ccc(CCCCCC2CCCC2)cc1. The van der Waals surface area contributed by atoms with Gasteiger partial charge in [-0.05, 0) is 87.6 Å². The summed E-state index contributed by atoms with van der Waals surface area (Å²) in [4.78, 5) is 50.3. The molecule has 11 nitrogen and oxygen atoms in total. The second-order valence-electron chi connectivity index (χ2n) is 12.6. The van der Waals surface area contributed by atoms with E-state index in [1.807, 2.05) is 19.1 Å². The molecule has 1 aliphatic carbocycles. The van der Waals surface area contributed by atoms with Gasteiger partial charge in [-0.3, -0.25) is 4.79 Å². The van der Waals surface area contributed by atoms with Crippen LogP contribution in [-0.2, 0) is 30.4 Å². The van der Waals surface area contributed by atoms with Crippen molar-refractivity contribution < 1.29 is 38.5 Å². The number of aryl methyl sites for hydroxylation is 1. The van der Waals surface area contributed by atoms with Gasteiger partial charge < -0.3 is 24.4 Å². The maximum atomic E-state index is 12.4. The third kappa shape index (κ3) is 19.9. The third-order valence-electron chi connectivity index (χ3n) is 8.43. The number of benzene rings is 2. The lowest BCUT2D eigenvalue weighted by atomic mass is 9.98. The molecule has 1 saturated carbocycles. The van der Waals surface area contributed by atoms with E-state index < -0.39 is 23.1 Å². The monoisotopic (exact) mass is 708 g/mol. The van der Waals surface area contributed by atoms with Gasteiger partial charge in [0.1, 0.15) is 6.04 Å². The van der Waals surface area contributed by atoms with E-state index >= 15 is 0 Å². The van der Waals surface area contributed by atoms with E-state index in [2.05, 4.69) is 40.5 Å². The number of hydrogen-bond acceptors (Lipinski definition) is 9. The molecule has 1 aliphatic rings. The first-order valence-electron chi connectivity index (χ1n) is 18.2. The number of nitrogens with zero attached hydrogens (tertiary/aromatic N) is 1. The molecule has 0 heterocycles. The van der Waals surface area contributed by atoms with Crippen molar-refractivity contribution in [3.05, 3.63) is 88.0 Å². The fraction of sp³-hybridized carbons (Fsp3) is 0.525. The highest BCUT2D eigenvalue weighted by molar-refractivity contribution is 5.87. The summed E-state index contributed by atoms with van der Waals surface area (Å²) in [6.07, 6.45) is 22.2. The van der Waals surface area contributed by atoms with E-state index in [-0.39, 0.29) is 30.6 Å². The Morgan fingerprint density at radius 2 is 1.71 bits per heavy atom. The van der Waals surface area contributed by atoms with Gasteiger partial charge in [-0.2, -0.15) is 0 Å². The highest BCUT2D eigenvalue weighted by Crippen LogP contribution is 2.30. The number of carbonyl (C=O) groups excluding carboxylic acids is 3. The van der Waals surface area contributed by atoms with E-state index in [9.17, 15) is 24.5 Å². The summed E-state index contributed by atoms with van der Waals surface area (Å²) < 4.78 is 15.6. The van der Waals surface area contributed by atoms with Crippen molar-refractivity contribution in [1.29, 1.82) is 0 Å². The summed E-state index contributed by atoms with van der Waals surface area (Å²) in [7, 11) is 1.41.